The topological polar surface area (TPSA) is 55.6 Å². The van der Waals surface area contributed by atoms with Gasteiger partial charge in [0.05, 0.1) is 21.7 Å². The van der Waals surface area contributed by atoms with Crippen LogP contribution in [0.4, 0.5) is 11.4 Å². The maximum Gasteiger partial charge on any atom is 0.271 e. The van der Waals surface area contributed by atoms with E-state index in [1.807, 2.05) is 7.05 Å². The molecule has 3 unspecified atom stereocenters. The lowest BCUT2D eigenvalue weighted by molar-refractivity contribution is -0.384. The summed E-state index contributed by atoms with van der Waals surface area (Å²) in [6.07, 6.45) is 1.37. The Bertz CT molecular complexity index is 590. The van der Waals surface area contributed by atoms with Crippen LogP contribution in [-0.2, 0) is 4.74 Å². The molecule has 1 aliphatic carbocycles. The second-order valence-corrected chi connectivity index (χ2v) is 6.92. The van der Waals surface area contributed by atoms with Crippen molar-refractivity contribution in [3.63, 3.8) is 0 Å². The highest BCUT2D eigenvalue weighted by molar-refractivity contribution is 6.33. The van der Waals surface area contributed by atoms with Gasteiger partial charge in [-0.1, -0.05) is 25.4 Å². The van der Waals surface area contributed by atoms with Gasteiger partial charge in [-0.2, -0.15) is 0 Å². The van der Waals surface area contributed by atoms with Crippen molar-refractivity contribution in [2.75, 3.05) is 18.6 Å². The summed E-state index contributed by atoms with van der Waals surface area (Å²) in [4.78, 5) is 12.5. The molecule has 6 heteroatoms. The van der Waals surface area contributed by atoms with Crippen LogP contribution >= 0.6 is 11.6 Å². The number of anilines is 1. The Morgan fingerprint density at radius 1 is 1.48 bits per heavy atom. The number of fused-ring (bicyclic) bond motifs is 1. The van der Waals surface area contributed by atoms with Crippen LogP contribution in [0.1, 0.15) is 20.3 Å². The molecule has 0 bridgehead atoms. The Kier molecular flexibility index (Phi) is 3.37. The van der Waals surface area contributed by atoms with Crippen LogP contribution in [0.2, 0.25) is 5.02 Å². The predicted molar refractivity (Wildman–Crippen MR) is 81.9 cm³/mol. The molecule has 0 aromatic heterocycles. The van der Waals surface area contributed by atoms with E-state index in [0.29, 0.717) is 23.1 Å². The number of nitro benzene ring substituents is 1. The summed E-state index contributed by atoms with van der Waals surface area (Å²) in [5, 5.41) is 11.2. The fourth-order valence-electron chi connectivity index (χ4n) is 4.13. The Morgan fingerprint density at radius 3 is 2.81 bits per heavy atom. The van der Waals surface area contributed by atoms with Crippen molar-refractivity contribution >= 4 is 23.0 Å². The summed E-state index contributed by atoms with van der Waals surface area (Å²) in [6, 6.07) is 5.00. The number of hydrogen-bond acceptors (Lipinski definition) is 4. The molecule has 3 atom stereocenters. The molecule has 1 aromatic carbocycles. The lowest BCUT2D eigenvalue weighted by Gasteiger charge is -2.58. The Labute approximate surface area is 129 Å². The monoisotopic (exact) mass is 310 g/mol. The van der Waals surface area contributed by atoms with E-state index in [1.165, 1.54) is 12.1 Å². The van der Waals surface area contributed by atoms with Gasteiger partial charge in [0.1, 0.15) is 0 Å². The van der Waals surface area contributed by atoms with E-state index >= 15 is 0 Å². The summed E-state index contributed by atoms with van der Waals surface area (Å²) in [7, 11) is 2.01. The summed E-state index contributed by atoms with van der Waals surface area (Å²) in [6.45, 7) is 5.23. The lowest BCUT2D eigenvalue weighted by atomic mass is 9.56. The van der Waals surface area contributed by atoms with E-state index in [2.05, 4.69) is 18.7 Å². The minimum atomic E-state index is -0.427. The first-order chi connectivity index (χ1) is 9.84. The third kappa shape index (κ3) is 2.10. The van der Waals surface area contributed by atoms with Crippen molar-refractivity contribution < 1.29 is 9.66 Å². The van der Waals surface area contributed by atoms with Gasteiger partial charge < -0.3 is 9.64 Å². The van der Waals surface area contributed by atoms with Crippen LogP contribution in [0.3, 0.4) is 0 Å². The molecule has 1 saturated heterocycles. The van der Waals surface area contributed by atoms with Gasteiger partial charge in [0, 0.05) is 43.2 Å². The van der Waals surface area contributed by atoms with Gasteiger partial charge in [0.15, 0.2) is 0 Å². The highest BCUT2D eigenvalue weighted by atomic mass is 35.5. The van der Waals surface area contributed by atoms with Gasteiger partial charge in [0.2, 0.25) is 0 Å². The second-order valence-electron chi connectivity index (χ2n) is 6.51. The molecule has 114 valence electrons. The molecule has 2 fully saturated rings. The van der Waals surface area contributed by atoms with E-state index in [4.69, 9.17) is 16.3 Å². The highest BCUT2D eigenvalue weighted by Gasteiger charge is 2.60. The maximum absolute atomic E-state index is 10.8. The molecular weight excluding hydrogens is 292 g/mol. The van der Waals surface area contributed by atoms with E-state index < -0.39 is 4.92 Å². The molecule has 3 rings (SSSR count). The number of hydrogen-bond donors (Lipinski definition) is 0. The van der Waals surface area contributed by atoms with Crippen LogP contribution in [0.25, 0.3) is 0 Å². The van der Waals surface area contributed by atoms with Gasteiger partial charge in [-0.05, 0) is 12.5 Å². The second kappa shape index (κ2) is 4.85. The Morgan fingerprint density at radius 2 is 2.19 bits per heavy atom. The molecule has 0 N–H and O–H groups in total. The highest BCUT2D eigenvalue weighted by Crippen LogP contribution is 2.55. The zero-order valence-corrected chi connectivity index (χ0v) is 13.1. The maximum atomic E-state index is 10.8. The minimum Gasteiger partial charge on any atom is -0.377 e. The number of benzene rings is 1. The van der Waals surface area contributed by atoms with Crippen LogP contribution < -0.4 is 4.90 Å². The van der Waals surface area contributed by atoms with Gasteiger partial charge in [-0.15, -0.1) is 0 Å². The standard InChI is InChI=1S/C15H19ClN2O3/c1-15(2)13(10-6-7-21-14(10)15)17(3)12-5-4-9(18(19)20)8-11(12)16/h4-5,8,10,13-14H,6-7H2,1-3H3. The van der Waals surface area contributed by atoms with Crippen LogP contribution in [-0.4, -0.2) is 30.7 Å². The number of ether oxygens (including phenoxy) is 1. The third-order valence-corrected chi connectivity index (χ3v) is 5.28. The molecule has 1 aromatic rings. The van der Waals surface area contributed by atoms with Crippen LogP contribution in [0, 0.1) is 21.4 Å². The molecule has 2 aliphatic rings. The van der Waals surface area contributed by atoms with Crippen LogP contribution in [0.15, 0.2) is 18.2 Å². The summed E-state index contributed by atoms with van der Waals surface area (Å²) >= 11 is 6.25. The first-order valence-corrected chi connectivity index (χ1v) is 7.50. The molecular formula is C15H19ClN2O3. The molecule has 1 heterocycles. The van der Waals surface area contributed by atoms with Gasteiger partial charge in [-0.3, -0.25) is 10.1 Å². The van der Waals surface area contributed by atoms with Crippen molar-refractivity contribution in [2.45, 2.75) is 32.4 Å². The Hall–Kier alpha value is -1.33. The molecule has 1 aliphatic heterocycles. The minimum absolute atomic E-state index is 0.0205. The van der Waals surface area contributed by atoms with Crippen LogP contribution in [0.5, 0.6) is 0 Å². The third-order valence-electron chi connectivity index (χ3n) is 4.98. The van der Waals surface area contributed by atoms with Gasteiger partial charge >= 0.3 is 0 Å². The van der Waals surface area contributed by atoms with Crippen molar-refractivity contribution in [3.8, 4) is 0 Å². The summed E-state index contributed by atoms with van der Waals surface area (Å²) < 4.78 is 5.82. The van der Waals surface area contributed by atoms with Crippen molar-refractivity contribution in [3.05, 3.63) is 33.3 Å². The molecule has 0 spiro atoms. The van der Waals surface area contributed by atoms with E-state index in [9.17, 15) is 10.1 Å². The van der Waals surface area contributed by atoms with E-state index in [1.54, 1.807) is 6.07 Å². The lowest BCUT2D eigenvalue weighted by Crippen LogP contribution is -2.66. The molecule has 5 nitrogen and oxygen atoms in total. The van der Waals surface area contributed by atoms with Crippen molar-refractivity contribution in [1.29, 1.82) is 0 Å². The van der Waals surface area contributed by atoms with Crippen molar-refractivity contribution in [1.82, 2.24) is 0 Å². The zero-order valence-electron chi connectivity index (χ0n) is 12.4. The SMILES string of the molecule is CN(c1ccc([N+](=O)[O-])cc1Cl)C1C2CCOC2C1(C)C. The van der Waals surface area contributed by atoms with E-state index in [0.717, 1.165) is 18.7 Å². The fourth-order valence-corrected chi connectivity index (χ4v) is 4.44. The molecule has 1 saturated carbocycles. The first kappa shape index (κ1) is 14.6. The van der Waals surface area contributed by atoms with Gasteiger partial charge in [-0.25, -0.2) is 0 Å². The quantitative estimate of drug-likeness (QED) is 0.633. The van der Waals surface area contributed by atoms with E-state index in [-0.39, 0.29) is 11.1 Å². The predicted octanol–water partition coefficient (Wildman–Crippen LogP) is 3.50. The van der Waals surface area contributed by atoms with Gasteiger partial charge in [0.25, 0.3) is 5.69 Å². The summed E-state index contributed by atoms with van der Waals surface area (Å²) in [5.74, 6) is 0.510. The summed E-state index contributed by atoms with van der Waals surface area (Å²) in [5.41, 5.74) is 0.916. The number of nitro groups is 1. The number of rotatable bonds is 3. The number of halogens is 1. The molecule has 21 heavy (non-hydrogen) atoms. The zero-order chi connectivity index (χ0) is 15.4. The normalized spacial score (nSPS) is 29.6. The fraction of sp³-hybridized carbons (Fsp3) is 0.600. The largest absolute Gasteiger partial charge is 0.377 e. The van der Waals surface area contributed by atoms with Crippen molar-refractivity contribution in [2.24, 2.45) is 11.3 Å². The smallest absolute Gasteiger partial charge is 0.271 e. The first-order valence-electron chi connectivity index (χ1n) is 7.12. The number of non-ortho nitro benzene ring substituents is 1. The Balaban J connectivity index is 1.89. The molecule has 0 radical (unpaired) electrons. The average Bonchev–Trinajstić information content (AvgIpc) is 2.84. The number of nitrogens with zero attached hydrogens (tertiary/aromatic N) is 2. The average molecular weight is 311 g/mol. The molecule has 0 amide bonds.